The normalized spacial score (nSPS) is 11.9. The van der Waals surface area contributed by atoms with Gasteiger partial charge in [0.2, 0.25) is 0 Å². The van der Waals surface area contributed by atoms with Gasteiger partial charge in [0.15, 0.2) is 0 Å². The smallest absolute Gasteiger partial charge is 0.268 e. The van der Waals surface area contributed by atoms with E-state index in [9.17, 15) is 4.79 Å². The van der Waals surface area contributed by atoms with Crippen LogP contribution >= 0.6 is 15.9 Å². The van der Waals surface area contributed by atoms with Crippen LogP contribution in [0.5, 0.6) is 0 Å². The van der Waals surface area contributed by atoms with Crippen molar-refractivity contribution in [1.82, 2.24) is 9.88 Å². The largest absolute Gasteiger partial charge is 0.342 e. The van der Waals surface area contributed by atoms with Crippen LogP contribution in [0.1, 0.15) is 30.8 Å². The van der Waals surface area contributed by atoms with Crippen molar-refractivity contribution in [3.8, 4) is 12.3 Å². The molecule has 0 spiro atoms. The summed E-state index contributed by atoms with van der Waals surface area (Å²) in [5, 5.41) is 2.74. The first-order valence-corrected chi connectivity index (χ1v) is 6.00. The standard InChI is InChI=1S/C12H15BrN2O/c1-4-6-15-8-10(13)7-11(15)12(16)14-9(3)5-2/h2,7-9H,4,6H2,1,3H3,(H,14,16). The van der Waals surface area contributed by atoms with E-state index in [1.807, 2.05) is 10.8 Å². The van der Waals surface area contributed by atoms with Crippen LogP contribution in [0.2, 0.25) is 0 Å². The van der Waals surface area contributed by atoms with Gasteiger partial charge in [0, 0.05) is 17.2 Å². The summed E-state index contributed by atoms with van der Waals surface area (Å²) in [5.74, 6) is 2.34. The summed E-state index contributed by atoms with van der Waals surface area (Å²) >= 11 is 3.36. The third-order valence-corrected chi connectivity index (χ3v) is 2.59. The van der Waals surface area contributed by atoms with Gasteiger partial charge in [-0.25, -0.2) is 0 Å². The quantitative estimate of drug-likeness (QED) is 0.846. The zero-order valence-corrected chi connectivity index (χ0v) is 11.0. The number of carbonyl (C=O) groups excluding carboxylic acids is 1. The Kier molecular flexibility index (Phi) is 4.63. The maximum absolute atomic E-state index is 11.9. The van der Waals surface area contributed by atoms with Crippen molar-refractivity contribution >= 4 is 21.8 Å². The molecule has 0 aliphatic rings. The predicted molar refractivity (Wildman–Crippen MR) is 68.2 cm³/mol. The van der Waals surface area contributed by atoms with Crippen molar-refractivity contribution in [2.45, 2.75) is 32.9 Å². The van der Waals surface area contributed by atoms with Gasteiger partial charge in [-0.15, -0.1) is 6.42 Å². The third kappa shape index (κ3) is 3.14. The van der Waals surface area contributed by atoms with E-state index in [1.54, 1.807) is 13.0 Å². The Hall–Kier alpha value is -1.21. The number of terminal acetylenes is 1. The summed E-state index contributed by atoms with van der Waals surface area (Å²) in [6, 6.07) is 1.55. The molecule has 0 aliphatic carbocycles. The summed E-state index contributed by atoms with van der Waals surface area (Å²) in [4.78, 5) is 11.9. The van der Waals surface area contributed by atoms with Crippen molar-refractivity contribution in [1.29, 1.82) is 0 Å². The minimum atomic E-state index is -0.253. The van der Waals surface area contributed by atoms with Crippen LogP contribution in [0.3, 0.4) is 0 Å². The molecule has 1 atom stereocenters. The molecule has 16 heavy (non-hydrogen) atoms. The highest BCUT2D eigenvalue weighted by Gasteiger charge is 2.13. The van der Waals surface area contributed by atoms with Crippen LogP contribution in [-0.2, 0) is 6.54 Å². The number of halogens is 1. The molecule has 0 fully saturated rings. The molecule has 4 heteroatoms. The Labute approximate surface area is 104 Å². The van der Waals surface area contributed by atoms with Crippen molar-refractivity contribution in [2.24, 2.45) is 0 Å². The van der Waals surface area contributed by atoms with E-state index in [-0.39, 0.29) is 11.9 Å². The highest BCUT2D eigenvalue weighted by atomic mass is 79.9. The average molecular weight is 283 g/mol. The molecule has 0 saturated heterocycles. The molecule has 1 amide bonds. The second-order valence-corrected chi connectivity index (χ2v) is 4.51. The molecule has 0 aromatic carbocycles. The first kappa shape index (κ1) is 12.9. The highest BCUT2D eigenvalue weighted by molar-refractivity contribution is 9.10. The van der Waals surface area contributed by atoms with E-state index in [1.165, 1.54) is 0 Å². The van der Waals surface area contributed by atoms with Gasteiger partial charge in [0.1, 0.15) is 5.69 Å². The fourth-order valence-electron chi connectivity index (χ4n) is 1.40. The summed E-state index contributed by atoms with van der Waals surface area (Å²) in [6.45, 7) is 4.67. The molecule has 0 saturated carbocycles. The fourth-order valence-corrected chi connectivity index (χ4v) is 1.87. The van der Waals surface area contributed by atoms with Gasteiger partial charge in [-0.2, -0.15) is 0 Å². The first-order valence-electron chi connectivity index (χ1n) is 5.21. The molecule has 1 aromatic heterocycles. The number of hydrogen-bond donors (Lipinski definition) is 1. The predicted octanol–water partition coefficient (Wildman–Crippen LogP) is 2.41. The van der Waals surface area contributed by atoms with E-state index < -0.39 is 0 Å². The molecule has 1 unspecified atom stereocenters. The van der Waals surface area contributed by atoms with Crippen LogP contribution in [0.4, 0.5) is 0 Å². The van der Waals surface area contributed by atoms with Gasteiger partial charge >= 0.3 is 0 Å². The molecule has 1 heterocycles. The number of nitrogens with one attached hydrogen (secondary N) is 1. The Morgan fingerprint density at radius 1 is 1.75 bits per heavy atom. The van der Waals surface area contributed by atoms with Crippen LogP contribution in [0, 0.1) is 12.3 Å². The maximum atomic E-state index is 11.9. The van der Waals surface area contributed by atoms with Gasteiger partial charge in [0.05, 0.1) is 6.04 Å². The highest BCUT2D eigenvalue weighted by Crippen LogP contribution is 2.15. The number of hydrogen-bond acceptors (Lipinski definition) is 1. The van der Waals surface area contributed by atoms with Crippen LogP contribution in [0.25, 0.3) is 0 Å². The number of aryl methyl sites for hydroxylation is 1. The Morgan fingerprint density at radius 2 is 2.44 bits per heavy atom. The zero-order valence-electron chi connectivity index (χ0n) is 9.46. The Balaban J connectivity index is 2.86. The van der Waals surface area contributed by atoms with Crippen LogP contribution in [-0.4, -0.2) is 16.5 Å². The number of amides is 1. The Bertz CT molecular complexity index is 417. The van der Waals surface area contributed by atoms with Gasteiger partial charge in [-0.05, 0) is 35.3 Å². The van der Waals surface area contributed by atoms with Crippen molar-refractivity contribution < 1.29 is 4.79 Å². The minimum absolute atomic E-state index is 0.135. The fraction of sp³-hybridized carbons (Fsp3) is 0.417. The van der Waals surface area contributed by atoms with Crippen LogP contribution in [0.15, 0.2) is 16.7 Å². The third-order valence-electron chi connectivity index (χ3n) is 2.16. The summed E-state index contributed by atoms with van der Waals surface area (Å²) in [5.41, 5.74) is 0.635. The van der Waals surface area contributed by atoms with Gasteiger partial charge < -0.3 is 9.88 Å². The molecular weight excluding hydrogens is 268 g/mol. The van der Waals surface area contributed by atoms with Gasteiger partial charge in [0.25, 0.3) is 5.91 Å². The summed E-state index contributed by atoms with van der Waals surface area (Å²) < 4.78 is 2.82. The molecule has 0 radical (unpaired) electrons. The molecule has 3 nitrogen and oxygen atoms in total. The van der Waals surface area contributed by atoms with Crippen molar-refractivity contribution in [2.75, 3.05) is 0 Å². The maximum Gasteiger partial charge on any atom is 0.268 e. The first-order chi connectivity index (χ1) is 7.58. The van der Waals surface area contributed by atoms with Gasteiger partial charge in [-0.1, -0.05) is 12.8 Å². The van der Waals surface area contributed by atoms with Crippen molar-refractivity contribution in [3.63, 3.8) is 0 Å². The zero-order chi connectivity index (χ0) is 12.1. The lowest BCUT2D eigenvalue weighted by Gasteiger charge is -2.10. The second-order valence-electron chi connectivity index (χ2n) is 3.60. The minimum Gasteiger partial charge on any atom is -0.342 e. The molecule has 0 aliphatic heterocycles. The van der Waals surface area contributed by atoms with E-state index >= 15 is 0 Å². The lowest BCUT2D eigenvalue weighted by Crippen LogP contribution is -2.32. The lowest BCUT2D eigenvalue weighted by molar-refractivity contribution is 0.0938. The summed E-state index contributed by atoms with van der Waals surface area (Å²) in [7, 11) is 0. The summed E-state index contributed by atoms with van der Waals surface area (Å²) in [6.07, 6.45) is 8.10. The van der Waals surface area contributed by atoms with E-state index in [4.69, 9.17) is 6.42 Å². The molecule has 86 valence electrons. The second kappa shape index (κ2) is 5.76. The molecule has 1 rings (SSSR count). The number of aromatic nitrogens is 1. The topological polar surface area (TPSA) is 34.0 Å². The van der Waals surface area contributed by atoms with Crippen LogP contribution < -0.4 is 5.32 Å². The average Bonchev–Trinajstić information content (AvgIpc) is 2.60. The van der Waals surface area contributed by atoms with E-state index in [2.05, 4.69) is 34.1 Å². The molecular formula is C12H15BrN2O. The SMILES string of the molecule is C#CC(C)NC(=O)c1cc(Br)cn1CCC. The monoisotopic (exact) mass is 282 g/mol. The van der Waals surface area contributed by atoms with E-state index in [0.717, 1.165) is 17.4 Å². The molecule has 0 bridgehead atoms. The number of carbonyl (C=O) groups is 1. The number of nitrogens with zero attached hydrogens (tertiary/aromatic N) is 1. The van der Waals surface area contributed by atoms with Gasteiger partial charge in [-0.3, -0.25) is 4.79 Å². The molecule has 1 aromatic rings. The Morgan fingerprint density at radius 3 is 3.00 bits per heavy atom. The number of rotatable bonds is 4. The molecule has 1 N–H and O–H groups in total. The van der Waals surface area contributed by atoms with Crippen molar-refractivity contribution in [3.05, 3.63) is 22.4 Å². The lowest BCUT2D eigenvalue weighted by atomic mass is 10.3. The van der Waals surface area contributed by atoms with E-state index in [0.29, 0.717) is 5.69 Å².